The van der Waals surface area contributed by atoms with Gasteiger partial charge in [-0.15, -0.1) is 0 Å². The molecule has 0 fully saturated rings. The lowest BCUT2D eigenvalue weighted by Gasteiger charge is -2.13. The Hall–Kier alpha value is -1.24. The number of phenols is 1. The Bertz CT molecular complexity index is 337. The normalized spacial score (nSPS) is 14.4. The first-order valence-corrected chi connectivity index (χ1v) is 4.26. The van der Waals surface area contributed by atoms with Crippen molar-refractivity contribution >= 4 is 6.08 Å². The van der Waals surface area contributed by atoms with Crippen molar-refractivity contribution in [1.29, 1.82) is 0 Å². The minimum Gasteiger partial charge on any atom is -0.508 e. The van der Waals surface area contributed by atoms with E-state index in [0.29, 0.717) is 5.75 Å². The molecule has 62 valence electrons. The second-order valence-corrected chi connectivity index (χ2v) is 3.27. The number of hydrogen-bond acceptors (Lipinski definition) is 1. The molecular formula is C11H12O. The number of fused-ring (bicyclic) bond motifs is 1. The highest BCUT2D eigenvalue weighted by molar-refractivity contribution is 5.60. The van der Waals surface area contributed by atoms with Gasteiger partial charge in [-0.3, -0.25) is 0 Å². The summed E-state index contributed by atoms with van der Waals surface area (Å²) in [4.78, 5) is 0. The van der Waals surface area contributed by atoms with E-state index in [4.69, 9.17) is 0 Å². The molecule has 12 heavy (non-hydrogen) atoms. The minimum atomic E-state index is 0.373. The number of hydrogen-bond donors (Lipinski definition) is 1. The van der Waals surface area contributed by atoms with E-state index in [1.54, 1.807) is 0 Å². The first-order valence-electron chi connectivity index (χ1n) is 4.26. The fourth-order valence-electron chi connectivity index (χ4n) is 1.75. The van der Waals surface area contributed by atoms with Gasteiger partial charge < -0.3 is 5.11 Å². The van der Waals surface area contributed by atoms with E-state index in [0.717, 1.165) is 12.8 Å². The zero-order valence-electron chi connectivity index (χ0n) is 7.17. The van der Waals surface area contributed by atoms with Gasteiger partial charge in [-0.05, 0) is 48.6 Å². The van der Waals surface area contributed by atoms with Crippen LogP contribution in [0.1, 0.15) is 23.1 Å². The van der Waals surface area contributed by atoms with E-state index in [1.807, 2.05) is 12.1 Å². The number of phenolic OH excluding ortho intramolecular Hbond substituents is 1. The number of allylic oxidation sites excluding steroid dienone is 1. The average molecular weight is 160 g/mol. The van der Waals surface area contributed by atoms with Crippen molar-refractivity contribution in [3.63, 3.8) is 0 Å². The van der Waals surface area contributed by atoms with Crippen LogP contribution in [0.25, 0.3) is 6.08 Å². The van der Waals surface area contributed by atoms with Crippen LogP contribution in [-0.2, 0) is 6.42 Å². The third-order valence-electron chi connectivity index (χ3n) is 2.35. The molecule has 0 aliphatic heterocycles. The predicted molar refractivity (Wildman–Crippen MR) is 50.2 cm³/mol. The van der Waals surface area contributed by atoms with Crippen LogP contribution in [0.5, 0.6) is 5.75 Å². The monoisotopic (exact) mass is 160 g/mol. The third kappa shape index (κ3) is 1.11. The maximum atomic E-state index is 9.34. The van der Waals surface area contributed by atoms with Crippen molar-refractivity contribution in [2.45, 2.75) is 19.8 Å². The molecule has 0 aromatic heterocycles. The van der Waals surface area contributed by atoms with Crippen LogP contribution in [0.15, 0.2) is 18.2 Å². The summed E-state index contributed by atoms with van der Waals surface area (Å²) in [5, 5.41) is 9.34. The lowest BCUT2D eigenvalue weighted by Crippen LogP contribution is -1.96. The maximum Gasteiger partial charge on any atom is 0.116 e. The summed E-state index contributed by atoms with van der Waals surface area (Å²) in [5.74, 6) is 0.373. The molecule has 1 nitrogen and oxygen atoms in total. The molecule has 0 unspecified atom stereocenters. The SMILES string of the molecule is Cc1cc(O)cc2c1CCC=C2. The lowest BCUT2D eigenvalue weighted by molar-refractivity contribution is 0.474. The van der Waals surface area contributed by atoms with Gasteiger partial charge in [0.25, 0.3) is 0 Å². The number of aromatic hydroxyl groups is 1. The van der Waals surface area contributed by atoms with Crippen LogP contribution < -0.4 is 0 Å². The lowest BCUT2D eigenvalue weighted by atomic mass is 9.93. The van der Waals surface area contributed by atoms with Crippen LogP contribution in [0.3, 0.4) is 0 Å². The van der Waals surface area contributed by atoms with Crippen LogP contribution in [0.4, 0.5) is 0 Å². The van der Waals surface area contributed by atoms with Crippen molar-refractivity contribution in [1.82, 2.24) is 0 Å². The van der Waals surface area contributed by atoms with Crippen molar-refractivity contribution in [3.05, 3.63) is 34.9 Å². The quantitative estimate of drug-likeness (QED) is 0.618. The van der Waals surface area contributed by atoms with E-state index < -0.39 is 0 Å². The zero-order chi connectivity index (χ0) is 8.55. The number of aryl methyl sites for hydroxylation is 1. The van der Waals surface area contributed by atoms with Crippen molar-refractivity contribution < 1.29 is 5.11 Å². The third-order valence-corrected chi connectivity index (χ3v) is 2.35. The fraction of sp³-hybridized carbons (Fsp3) is 0.273. The van der Waals surface area contributed by atoms with Gasteiger partial charge in [0.2, 0.25) is 0 Å². The second kappa shape index (κ2) is 2.67. The molecule has 1 aliphatic carbocycles. The summed E-state index contributed by atoms with van der Waals surface area (Å²) in [7, 11) is 0. The molecule has 0 amide bonds. The van der Waals surface area contributed by atoms with Crippen LogP contribution in [0, 0.1) is 6.92 Å². The summed E-state index contributed by atoms with van der Waals surface area (Å²) in [6, 6.07) is 3.66. The highest BCUT2D eigenvalue weighted by Crippen LogP contribution is 2.26. The van der Waals surface area contributed by atoms with Crippen LogP contribution in [-0.4, -0.2) is 5.11 Å². The molecule has 1 N–H and O–H groups in total. The molecule has 1 aliphatic rings. The van der Waals surface area contributed by atoms with Crippen LogP contribution >= 0.6 is 0 Å². The molecule has 0 spiro atoms. The summed E-state index contributed by atoms with van der Waals surface area (Å²) in [5.41, 5.74) is 3.77. The first kappa shape index (κ1) is 7.41. The Balaban J connectivity index is 2.62. The molecule has 1 aromatic rings. The van der Waals surface area contributed by atoms with E-state index >= 15 is 0 Å². The fourth-order valence-corrected chi connectivity index (χ4v) is 1.75. The summed E-state index contributed by atoms with van der Waals surface area (Å²) in [6.07, 6.45) is 6.48. The topological polar surface area (TPSA) is 20.2 Å². The van der Waals surface area contributed by atoms with Gasteiger partial charge in [0.15, 0.2) is 0 Å². The second-order valence-electron chi connectivity index (χ2n) is 3.27. The van der Waals surface area contributed by atoms with Gasteiger partial charge in [-0.2, -0.15) is 0 Å². The molecular weight excluding hydrogens is 148 g/mol. The van der Waals surface area contributed by atoms with Crippen molar-refractivity contribution in [3.8, 4) is 5.75 Å². The van der Waals surface area contributed by atoms with Crippen molar-refractivity contribution in [2.24, 2.45) is 0 Å². The molecule has 0 heterocycles. The minimum absolute atomic E-state index is 0.373. The first-order chi connectivity index (χ1) is 5.77. The molecule has 0 radical (unpaired) electrons. The highest BCUT2D eigenvalue weighted by atomic mass is 16.3. The van der Waals surface area contributed by atoms with Gasteiger partial charge in [0.1, 0.15) is 5.75 Å². The molecule has 1 heteroatoms. The Morgan fingerprint density at radius 2 is 2.17 bits per heavy atom. The summed E-state index contributed by atoms with van der Waals surface area (Å²) < 4.78 is 0. The molecule has 1 aromatic carbocycles. The molecule has 0 bridgehead atoms. The van der Waals surface area contributed by atoms with Gasteiger partial charge >= 0.3 is 0 Å². The van der Waals surface area contributed by atoms with E-state index in [9.17, 15) is 5.11 Å². The zero-order valence-corrected chi connectivity index (χ0v) is 7.17. The molecule has 0 saturated carbocycles. The molecule has 0 saturated heterocycles. The van der Waals surface area contributed by atoms with Gasteiger partial charge in [-0.25, -0.2) is 0 Å². The number of rotatable bonds is 0. The van der Waals surface area contributed by atoms with E-state index in [-0.39, 0.29) is 0 Å². The van der Waals surface area contributed by atoms with Gasteiger partial charge in [0, 0.05) is 0 Å². The van der Waals surface area contributed by atoms with E-state index in [2.05, 4.69) is 19.1 Å². The van der Waals surface area contributed by atoms with E-state index in [1.165, 1.54) is 16.7 Å². The maximum absolute atomic E-state index is 9.34. The van der Waals surface area contributed by atoms with Crippen LogP contribution in [0.2, 0.25) is 0 Å². The Labute approximate surface area is 72.4 Å². The Morgan fingerprint density at radius 1 is 1.33 bits per heavy atom. The summed E-state index contributed by atoms with van der Waals surface area (Å²) in [6.45, 7) is 2.05. The van der Waals surface area contributed by atoms with Crippen molar-refractivity contribution in [2.75, 3.05) is 0 Å². The Kier molecular flexibility index (Phi) is 1.65. The van der Waals surface area contributed by atoms with Gasteiger partial charge in [-0.1, -0.05) is 12.2 Å². The summed E-state index contributed by atoms with van der Waals surface area (Å²) >= 11 is 0. The molecule has 2 rings (SSSR count). The molecule has 0 atom stereocenters. The standard InChI is InChI=1S/C11H12O/c1-8-6-10(12)7-9-4-2-3-5-11(8)9/h2,4,6-7,12H,3,5H2,1H3. The average Bonchev–Trinajstić information content (AvgIpc) is 2.04. The number of benzene rings is 1. The van der Waals surface area contributed by atoms with Gasteiger partial charge in [0.05, 0.1) is 0 Å². The predicted octanol–water partition coefficient (Wildman–Crippen LogP) is 2.66. The highest BCUT2D eigenvalue weighted by Gasteiger charge is 2.07. The smallest absolute Gasteiger partial charge is 0.116 e. The largest absolute Gasteiger partial charge is 0.508 e. The Morgan fingerprint density at radius 3 is 3.00 bits per heavy atom.